The smallest absolute Gasteiger partial charge is 0.338 e. The molecule has 198 valence electrons. The molecule has 2 heterocycles. The van der Waals surface area contributed by atoms with Gasteiger partial charge in [-0.1, -0.05) is 96.2 Å². The van der Waals surface area contributed by atoms with Crippen LogP contribution in [0, 0.1) is 0 Å². The summed E-state index contributed by atoms with van der Waals surface area (Å²) in [5.74, 6) is -0.482. The van der Waals surface area contributed by atoms with Crippen molar-refractivity contribution in [2.45, 2.75) is 32.5 Å². The van der Waals surface area contributed by atoms with E-state index in [1.807, 2.05) is 96.1 Å². The number of benzene rings is 3. The molecule has 6 nitrogen and oxygen atoms in total. The maximum atomic E-state index is 13.6. The number of aliphatic imine (C=N–C) groups is 1. The topological polar surface area (TPSA) is 62.2 Å². The fourth-order valence-electron chi connectivity index (χ4n) is 4.66. The molecule has 39 heavy (non-hydrogen) atoms. The van der Waals surface area contributed by atoms with Gasteiger partial charge in [-0.25, -0.2) is 9.79 Å². The summed E-state index contributed by atoms with van der Waals surface area (Å²) in [7, 11) is 1.80. The molecule has 0 radical (unpaired) electrons. The number of hydrogen-bond acceptors (Lipinski definition) is 6. The van der Waals surface area contributed by atoms with E-state index in [1.54, 1.807) is 18.0 Å². The average molecular weight is 558 g/mol. The highest BCUT2D eigenvalue weighted by Crippen LogP contribution is 2.45. The van der Waals surface area contributed by atoms with Gasteiger partial charge in [0.1, 0.15) is 6.61 Å². The van der Waals surface area contributed by atoms with E-state index in [0.29, 0.717) is 28.0 Å². The number of nitrogens with zero attached hydrogens (tertiary/aromatic N) is 3. The van der Waals surface area contributed by atoms with Crippen molar-refractivity contribution in [1.29, 1.82) is 0 Å². The molecule has 0 N–H and O–H groups in total. The van der Waals surface area contributed by atoms with E-state index in [0.717, 1.165) is 22.4 Å². The molecule has 1 unspecified atom stereocenters. The van der Waals surface area contributed by atoms with E-state index in [1.165, 1.54) is 11.8 Å². The van der Waals surface area contributed by atoms with Crippen LogP contribution in [-0.2, 0) is 27.5 Å². The monoisotopic (exact) mass is 557 g/mol. The molecule has 2 aliphatic heterocycles. The zero-order valence-corrected chi connectivity index (χ0v) is 23.3. The first-order valence-corrected chi connectivity index (χ1v) is 13.9. The van der Waals surface area contributed by atoms with E-state index in [-0.39, 0.29) is 18.9 Å². The Bertz CT molecular complexity index is 1470. The van der Waals surface area contributed by atoms with Crippen molar-refractivity contribution in [2.75, 3.05) is 7.05 Å². The third-order valence-electron chi connectivity index (χ3n) is 6.62. The first-order chi connectivity index (χ1) is 18.9. The fourth-order valence-corrected chi connectivity index (χ4v) is 5.82. The molecule has 8 heteroatoms. The van der Waals surface area contributed by atoms with Crippen molar-refractivity contribution in [3.63, 3.8) is 0 Å². The van der Waals surface area contributed by atoms with Crippen molar-refractivity contribution >= 4 is 40.4 Å². The molecule has 0 aliphatic carbocycles. The van der Waals surface area contributed by atoms with Crippen LogP contribution in [-0.4, -0.2) is 33.9 Å². The van der Waals surface area contributed by atoms with E-state index >= 15 is 0 Å². The van der Waals surface area contributed by atoms with Crippen LogP contribution in [0.5, 0.6) is 0 Å². The summed E-state index contributed by atoms with van der Waals surface area (Å²) in [6.45, 7) is 2.47. The number of allylic oxidation sites excluding steroid dienone is 1. The van der Waals surface area contributed by atoms with E-state index < -0.39 is 12.0 Å². The van der Waals surface area contributed by atoms with E-state index in [2.05, 4.69) is 0 Å². The maximum absolute atomic E-state index is 13.6. The summed E-state index contributed by atoms with van der Waals surface area (Å²) in [5.41, 5.74) is 4.55. The van der Waals surface area contributed by atoms with Crippen LogP contribution in [0.1, 0.15) is 36.1 Å². The molecule has 0 saturated carbocycles. The zero-order valence-electron chi connectivity index (χ0n) is 21.7. The first-order valence-electron chi connectivity index (χ1n) is 12.6. The molecule has 0 saturated heterocycles. The molecular formula is C31H28ClN3O3S. The van der Waals surface area contributed by atoms with Crippen LogP contribution < -0.4 is 0 Å². The van der Waals surface area contributed by atoms with Gasteiger partial charge in [-0.05, 0) is 41.2 Å². The van der Waals surface area contributed by atoms with E-state index in [9.17, 15) is 9.59 Å². The molecule has 1 atom stereocenters. The van der Waals surface area contributed by atoms with Crippen LogP contribution >= 0.6 is 23.4 Å². The van der Waals surface area contributed by atoms with Crippen LogP contribution in [0.3, 0.4) is 0 Å². The van der Waals surface area contributed by atoms with Gasteiger partial charge in [0.25, 0.3) is 0 Å². The Morgan fingerprint density at radius 2 is 1.69 bits per heavy atom. The minimum atomic E-state index is -0.534. The summed E-state index contributed by atoms with van der Waals surface area (Å²) in [6, 6.07) is 26.3. The van der Waals surface area contributed by atoms with E-state index in [4.69, 9.17) is 21.3 Å². The largest absolute Gasteiger partial charge is 0.457 e. The van der Waals surface area contributed by atoms with Crippen LogP contribution in [0.4, 0.5) is 0 Å². The average Bonchev–Trinajstić information content (AvgIpc) is 3.33. The number of amidine groups is 1. The Labute approximate surface area is 237 Å². The quantitative estimate of drug-likeness (QED) is 0.288. The molecule has 0 fully saturated rings. The summed E-state index contributed by atoms with van der Waals surface area (Å²) in [5, 5.41) is 3.21. The van der Waals surface area contributed by atoms with Gasteiger partial charge in [0.2, 0.25) is 5.91 Å². The van der Waals surface area contributed by atoms with Gasteiger partial charge in [0, 0.05) is 24.3 Å². The summed E-state index contributed by atoms with van der Waals surface area (Å²) in [6.07, 6.45) is 0.164. The number of rotatable bonds is 8. The van der Waals surface area contributed by atoms with Crippen molar-refractivity contribution in [3.8, 4) is 0 Å². The Morgan fingerprint density at radius 1 is 1.00 bits per heavy atom. The number of ether oxygens (including phenoxy) is 1. The predicted octanol–water partition coefficient (Wildman–Crippen LogP) is 6.71. The highest BCUT2D eigenvalue weighted by molar-refractivity contribution is 8.16. The summed E-state index contributed by atoms with van der Waals surface area (Å²) in [4.78, 5) is 35.3. The molecule has 3 aromatic rings. The number of carbonyl (C=O) groups excluding carboxylic acids is 2. The second kappa shape index (κ2) is 11.9. The minimum Gasteiger partial charge on any atom is -0.457 e. The number of carbonyl (C=O) groups is 2. The molecule has 3 aromatic carbocycles. The second-order valence-electron chi connectivity index (χ2n) is 9.42. The molecule has 0 aromatic heterocycles. The number of hydrogen-bond donors (Lipinski definition) is 0. The van der Waals surface area contributed by atoms with Gasteiger partial charge in [-0.15, -0.1) is 0 Å². The molecule has 0 bridgehead atoms. The SMILES string of the molecule is CC1=C(C(=O)OCc2ccccc2)C(c2cccc(Cl)c2)N2C(CC(=O)N(C)Cc3ccccc3)=CSC2=N1. The lowest BCUT2D eigenvalue weighted by Crippen LogP contribution is -2.38. The highest BCUT2D eigenvalue weighted by Gasteiger charge is 2.41. The standard InChI is InChI=1S/C31H28ClN3O3S/c1-21-28(30(37)38-19-23-12-7-4-8-13-23)29(24-14-9-15-25(32)16-24)35-26(20-39-31(35)33-21)17-27(36)34(2)18-22-10-5-3-6-11-22/h3-16,20,29H,17-19H2,1-2H3. The fraction of sp³-hybridized carbons (Fsp3) is 0.194. The van der Waals surface area contributed by atoms with Crippen LogP contribution in [0.25, 0.3) is 0 Å². The second-order valence-corrected chi connectivity index (χ2v) is 10.7. The Kier molecular flexibility index (Phi) is 8.19. The summed E-state index contributed by atoms with van der Waals surface area (Å²) < 4.78 is 5.76. The lowest BCUT2D eigenvalue weighted by atomic mass is 9.94. The molecule has 1 amide bonds. The number of halogens is 1. The van der Waals surface area contributed by atoms with Gasteiger partial charge in [-0.2, -0.15) is 0 Å². The third kappa shape index (κ3) is 6.10. The molecule has 0 spiro atoms. The minimum absolute atomic E-state index is 0.0312. The molecule has 2 aliphatic rings. The van der Waals surface area contributed by atoms with Crippen molar-refractivity contribution in [2.24, 2.45) is 4.99 Å². The number of thioether (sulfide) groups is 1. The number of esters is 1. The van der Waals surface area contributed by atoms with Crippen molar-refractivity contribution in [3.05, 3.63) is 129 Å². The third-order valence-corrected chi connectivity index (χ3v) is 7.74. The number of fused-ring (bicyclic) bond motifs is 1. The van der Waals surface area contributed by atoms with Crippen LogP contribution in [0.15, 0.2) is 112 Å². The zero-order chi connectivity index (χ0) is 27.4. The maximum Gasteiger partial charge on any atom is 0.338 e. The first kappa shape index (κ1) is 26.8. The van der Waals surface area contributed by atoms with Gasteiger partial charge in [0.15, 0.2) is 5.17 Å². The summed E-state index contributed by atoms with van der Waals surface area (Å²) >= 11 is 7.84. The van der Waals surface area contributed by atoms with Gasteiger partial charge in [-0.3, -0.25) is 4.79 Å². The highest BCUT2D eigenvalue weighted by atomic mass is 35.5. The van der Waals surface area contributed by atoms with Crippen molar-refractivity contribution < 1.29 is 14.3 Å². The van der Waals surface area contributed by atoms with Gasteiger partial charge < -0.3 is 14.5 Å². The normalized spacial score (nSPS) is 16.4. The Hall–Kier alpha value is -3.81. The Balaban J connectivity index is 1.42. The van der Waals surface area contributed by atoms with Gasteiger partial charge >= 0.3 is 5.97 Å². The van der Waals surface area contributed by atoms with Crippen LogP contribution in [0.2, 0.25) is 5.02 Å². The van der Waals surface area contributed by atoms with Crippen molar-refractivity contribution in [1.82, 2.24) is 9.80 Å². The molecule has 5 rings (SSSR count). The number of amides is 1. The van der Waals surface area contributed by atoms with Gasteiger partial charge in [0.05, 0.1) is 23.7 Å². The molecular weight excluding hydrogens is 530 g/mol. The predicted molar refractivity (Wildman–Crippen MR) is 156 cm³/mol. The Morgan fingerprint density at radius 3 is 2.38 bits per heavy atom. The lowest BCUT2D eigenvalue weighted by Gasteiger charge is -2.36. The lowest BCUT2D eigenvalue weighted by molar-refractivity contribution is -0.141.